The van der Waals surface area contributed by atoms with E-state index in [2.05, 4.69) is 20.4 Å². The van der Waals surface area contributed by atoms with Crippen LogP contribution in [-0.4, -0.2) is 44.9 Å². The molecule has 1 fully saturated rings. The van der Waals surface area contributed by atoms with Gasteiger partial charge in [0.2, 0.25) is 5.95 Å². The molecule has 35 heavy (non-hydrogen) atoms. The molecule has 7 nitrogen and oxygen atoms in total. The summed E-state index contributed by atoms with van der Waals surface area (Å²) >= 11 is 0. The molecule has 5 rings (SSSR count). The number of benzene rings is 1. The smallest absolute Gasteiger partial charge is 0.368 e. The Morgan fingerprint density at radius 3 is 2.51 bits per heavy atom. The first-order valence-electron chi connectivity index (χ1n) is 10.8. The zero-order valence-electron chi connectivity index (χ0n) is 18.2. The Morgan fingerprint density at radius 2 is 1.77 bits per heavy atom. The number of fused-ring (bicyclic) bond motifs is 1. The van der Waals surface area contributed by atoms with Gasteiger partial charge in [0.05, 0.1) is 46.5 Å². The fourth-order valence-electron chi connectivity index (χ4n) is 4.30. The molecule has 0 saturated carbocycles. The average Bonchev–Trinajstić information content (AvgIpc) is 3.20. The first-order valence-corrected chi connectivity index (χ1v) is 10.8. The van der Waals surface area contributed by atoms with Crippen LogP contribution >= 0.6 is 0 Å². The van der Waals surface area contributed by atoms with Crippen molar-refractivity contribution in [1.82, 2.24) is 19.6 Å². The maximum absolute atomic E-state index is 14.3. The van der Waals surface area contributed by atoms with Crippen molar-refractivity contribution in [1.29, 1.82) is 0 Å². The van der Waals surface area contributed by atoms with Crippen molar-refractivity contribution in [2.75, 3.05) is 23.3 Å². The minimum atomic E-state index is -4.36. The van der Waals surface area contributed by atoms with Crippen molar-refractivity contribution >= 4 is 22.8 Å². The fraction of sp³-hybridized carbons (Fsp3) is 0.261. The van der Waals surface area contributed by atoms with Gasteiger partial charge in [-0.3, -0.25) is 4.98 Å². The molecular weight excluding hydrogens is 469 g/mol. The van der Waals surface area contributed by atoms with Gasteiger partial charge in [-0.05, 0) is 36.8 Å². The lowest BCUT2D eigenvalue weighted by Crippen LogP contribution is -2.51. The van der Waals surface area contributed by atoms with Crippen LogP contribution in [0.1, 0.15) is 6.42 Å². The molecular formula is C23H20F5N7. The van der Waals surface area contributed by atoms with Crippen LogP contribution in [-0.2, 0) is 0 Å². The van der Waals surface area contributed by atoms with E-state index in [1.165, 1.54) is 35.2 Å². The van der Waals surface area contributed by atoms with Gasteiger partial charge in [-0.1, -0.05) is 6.07 Å². The minimum Gasteiger partial charge on any atom is -0.368 e. The van der Waals surface area contributed by atoms with Gasteiger partial charge in [-0.25, -0.2) is 13.8 Å². The van der Waals surface area contributed by atoms with Crippen molar-refractivity contribution < 1.29 is 22.0 Å². The number of piperidine rings is 1. The second kappa shape index (κ2) is 8.77. The number of nitrogens with two attached hydrogens (primary N) is 1. The molecule has 0 aliphatic carbocycles. The van der Waals surface area contributed by atoms with Gasteiger partial charge in [0.25, 0.3) is 0 Å². The van der Waals surface area contributed by atoms with Gasteiger partial charge in [0.15, 0.2) is 0 Å². The third-order valence-corrected chi connectivity index (χ3v) is 5.93. The largest absolute Gasteiger partial charge is 0.393 e. The summed E-state index contributed by atoms with van der Waals surface area (Å²) in [4.78, 5) is 9.92. The van der Waals surface area contributed by atoms with Crippen molar-refractivity contribution in [3.05, 3.63) is 66.6 Å². The maximum Gasteiger partial charge on any atom is 0.393 e. The lowest BCUT2D eigenvalue weighted by Gasteiger charge is -2.39. The molecule has 0 unspecified atom stereocenters. The highest BCUT2D eigenvalue weighted by atomic mass is 19.4. The molecule has 12 heteroatoms. The average molecular weight is 489 g/mol. The Hall–Kier alpha value is -3.80. The molecule has 4 heterocycles. The van der Waals surface area contributed by atoms with Crippen molar-refractivity contribution in [3.8, 4) is 11.3 Å². The zero-order valence-corrected chi connectivity index (χ0v) is 18.2. The number of aromatic nitrogens is 4. The molecule has 2 atom stereocenters. The fourth-order valence-corrected chi connectivity index (χ4v) is 4.30. The number of alkyl halides is 3. The van der Waals surface area contributed by atoms with Gasteiger partial charge in [-0.2, -0.15) is 22.8 Å². The van der Waals surface area contributed by atoms with Gasteiger partial charge in [-0.15, -0.1) is 0 Å². The van der Waals surface area contributed by atoms with E-state index in [-0.39, 0.29) is 36.7 Å². The van der Waals surface area contributed by atoms with Crippen LogP contribution < -0.4 is 16.0 Å². The van der Waals surface area contributed by atoms with Gasteiger partial charge in [0.1, 0.15) is 11.6 Å². The summed E-state index contributed by atoms with van der Waals surface area (Å²) in [5, 5.41) is 7.38. The lowest BCUT2D eigenvalue weighted by atomic mass is 9.93. The standard InChI is InChI=1S/C23H20F5N7/c24-16-2-1-3-17(25)21(16)18-5-4-15-9-31-22(35(15)33-18)32-19-10-30-7-6-20(19)34-11-13(23(26,27)28)8-14(29)12-34/h1-7,9-10,13-14H,8,11-12,29H2,(H,31,32)/t13-,14-/m1/s1. The van der Waals surface area contributed by atoms with Gasteiger partial charge < -0.3 is 16.0 Å². The molecule has 3 N–H and O–H groups in total. The van der Waals surface area contributed by atoms with E-state index in [0.29, 0.717) is 16.9 Å². The first-order chi connectivity index (χ1) is 16.7. The lowest BCUT2D eigenvalue weighted by molar-refractivity contribution is -0.177. The first kappa shape index (κ1) is 23.0. The number of hydrogen-bond acceptors (Lipinski definition) is 6. The van der Waals surface area contributed by atoms with Crippen molar-refractivity contribution in [2.24, 2.45) is 11.7 Å². The Bertz CT molecular complexity index is 1350. The normalized spacial score (nSPS) is 18.7. The van der Waals surface area contributed by atoms with Crippen LogP contribution in [0.2, 0.25) is 0 Å². The van der Waals surface area contributed by atoms with Crippen LogP contribution in [0.5, 0.6) is 0 Å². The Labute approximate surface area is 196 Å². The van der Waals surface area contributed by atoms with Crippen LogP contribution in [0.25, 0.3) is 16.8 Å². The molecule has 0 amide bonds. The Morgan fingerprint density at radius 1 is 1.00 bits per heavy atom. The summed E-state index contributed by atoms with van der Waals surface area (Å²) in [6, 6.07) is 7.56. The molecule has 182 valence electrons. The summed E-state index contributed by atoms with van der Waals surface area (Å²) in [5.74, 6) is -2.88. The molecule has 4 aromatic rings. The topological polar surface area (TPSA) is 84.4 Å². The Kier molecular flexibility index (Phi) is 5.75. The van der Waals surface area contributed by atoms with E-state index in [1.54, 1.807) is 17.0 Å². The van der Waals surface area contributed by atoms with E-state index >= 15 is 0 Å². The summed E-state index contributed by atoms with van der Waals surface area (Å²) < 4.78 is 70.2. The summed E-state index contributed by atoms with van der Waals surface area (Å²) in [6.07, 6.45) is -0.0658. The highest BCUT2D eigenvalue weighted by molar-refractivity contribution is 5.74. The molecule has 0 bridgehead atoms. The number of pyridine rings is 1. The third kappa shape index (κ3) is 4.48. The van der Waals surface area contributed by atoms with Gasteiger partial charge in [0, 0.05) is 25.3 Å². The molecule has 0 spiro atoms. The number of imidazole rings is 1. The second-order valence-corrected chi connectivity index (χ2v) is 8.39. The zero-order chi connectivity index (χ0) is 24.7. The van der Waals surface area contributed by atoms with E-state index < -0.39 is 29.8 Å². The van der Waals surface area contributed by atoms with Gasteiger partial charge >= 0.3 is 6.18 Å². The molecule has 3 aromatic heterocycles. The van der Waals surface area contributed by atoms with E-state index in [0.717, 1.165) is 12.1 Å². The third-order valence-electron chi connectivity index (χ3n) is 5.93. The van der Waals surface area contributed by atoms with Crippen molar-refractivity contribution in [2.45, 2.75) is 18.6 Å². The monoisotopic (exact) mass is 489 g/mol. The molecule has 0 radical (unpaired) electrons. The summed E-state index contributed by atoms with van der Waals surface area (Å²) in [5.41, 5.74) is 7.11. The van der Waals surface area contributed by atoms with Crippen LogP contribution in [0.4, 0.5) is 39.3 Å². The highest BCUT2D eigenvalue weighted by Gasteiger charge is 2.44. The number of nitrogens with one attached hydrogen (secondary N) is 1. The van der Waals surface area contributed by atoms with Crippen LogP contribution in [0, 0.1) is 17.6 Å². The number of anilines is 3. The summed E-state index contributed by atoms with van der Waals surface area (Å²) in [7, 11) is 0. The molecule has 1 aliphatic heterocycles. The molecule has 1 aliphatic rings. The second-order valence-electron chi connectivity index (χ2n) is 8.39. The predicted octanol–water partition coefficient (Wildman–Crippen LogP) is 4.53. The predicted molar refractivity (Wildman–Crippen MR) is 120 cm³/mol. The SMILES string of the molecule is N[C@@H]1C[C@@H](C(F)(F)F)CN(c2ccncc2Nc2ncc3ccc(-c4c(F)cccc4F)nn23)C1. The van der Waals surface area contributed by atoms with Crippen LogP contribution in [0.15, 0.2) is 55.0 Å². The molecule has 1 aromatic carbocycles. The highest BCUT2D eigenvalue weighted by Crippen LogP contribution is 2.37. The Balaban J connectivity index is 1.50. The number of halogens is 5. The number of rotatable bonds is 4. The molecule has 1 saturated heterocycles. The minimum absolute atomic E-state index is 0.0515. The van der Waals surface area contributed by atoms with E-state index in [4.69, 9.17) is 5.73 Å². The van der Waals surface area contributed by atoms with E-state index in [9.17, 15) is 22.0 Å². The quantitative estimate of drug-likeness (QED) is 0.410. The maximum atomic E-state index is 14.3. The van der Waals surface area contributed by atoms with Crippen molar-refractivity contribution in [3.63, 3.8) is 0 Å². The van der Waals surface area contributed by atoms with Crippen LogP contribution in [0.3, 0.4) is 0 Å². The number of hydrogen-bond donors (Lipinski definition) is 2. The van der Waals surface area contributed by atoms with E-state index in [1.807, 2.05) is 0 Å². The summed E-state index contributed by atoms with van der Waals surface area (Å²) in [6.45, 7) is -0.00422. The number of nitrogens with zero attached hydrogens (tertiary/aromatic N) is 5.